The van der Waals surface area contributed by atoms with Crippen molar-refractivity contribution in [3.8, 4) is 0 Å². The van der Waals surface area contributed by atoms with Crippen molar-refractivity contribution in [3.05, 3.63) is 12.4 Å². The summed E-state index contributed by atoms with van der Waals surface area (Å²) >= 11 is 1.84. The van der Waals surface area contributed by atoms with E-state index in [0.29, 0.717) is 0 Å². The molecule has 1 aromatic rings. The van der Waals surface area contributed by atoms with E-state index in [-0.39, 0.29) is 0 Å². The lowest BCUT2D eigenvalue weighted by Crippen LogP contribution is -2.18. The Bertz CT molecular complexity index is 291. The number of ether oxygens (including phenoxy) is 1. The topological polar surface area (TPSA) is 39.1 Å². The van der Waals surface area contributed by atoms with Gasteiger partial charge in [-0.15, -0.1) is 11.8 Å². The van der Waals surface area contributed by atoms with Gasteiger partial charge in [0.2, 0.25) is 0 Å². The van der Waals surface area contributed by atoms with E-state index in [1.807, 2.05) is 42.8 Å². The van der Waals surface area contributed by atoms with E-state index in [4.69, 9.17) is 4.74 Å². The van der Waals surface area contributed by atoms with Crippen molar-refractivity contribution in [1.82, 2.24) is 15.1 Å². The highest BCUT2D eigenvalue weighted by Gasteiger charge is 1.96. The summed E-state index contributed by atoms with van der Waals surface area (Å²) in [6.07, 6.45) is 6.30. The van der Waals surface area contributed by atoms with E-state index in [1.54, 1.807) is 0 Å². The summed E-state index contributed by atoms with van der Waals surface area (Å²) < 4.78 is 7.12. The smallest absolute Gasteiger partial charge is 0.0625 e. The third-order valence-electron chi connectivity index (χ3n) is 2.33. The van der Waals surface area contributed by atoms with E-state index < -0.39 is 0 Å². The molecule has 0 atom stereocenters. The van der Waals surface area contributed by atoms with Crippen LogP contribution < -0.4 is 5.32 Å². The quantitative estimate of drug-likeness (QED) is 0.513. The predicted molar refractivity (Wildman–Crippen MR) is 72.5 cm³/mol. The molecule has 0 unspecified atom stereocenters. The Morgan fingerprint density at radius 3 is 3.00 bits per heavy atom. The molecule has 5 heteroatoms. The molecule has 17 heavy (non-hydrogen) atoms. The van der Waals surface area contributed by atoms with Gasteiger partial charge in [-0.25, -0.2) is 0 Å². The fourth-order valence-corrected chi connectivity index (χ4v) is 2.27. The van der Waals surface area contributed by atoms with Gasteiger partial charge in [-0.1, -0.05) is 0 Å². The fraction of sp³-hybridized carbons (Fsp3) is 0.750. The lowest BCUT2D eigenvalue weighted by Gasteiger charge is -2.04. The van der Waals surface area contributed by atoms with Gasteiger partial charge >= 0.3 is 0 Å². The molecular formula is C12H23N3OS. The first kappa shape index (κ1) is 14.5. The third-order valence-corrected chi connectivity index (χ3v) is 3.28. The molecule has 0 spiro atoms. The van der Waals surface area contributed by atoms with Crippen molar-refractivity contribution in [3.63, 3.8) is 0 Å². The summed E-state index contributed by atoms with van der Waals surface area (Å²) in [6, 6.07) is 0. The van der Waals surface area contributed by atoms with E-state index in [1.165, 1.54) is 11.3 Å². The number of rotatable bonds is 10. The van der Waals surface area contributed by atoms with Crippen LogP contribution in [0.1, 0.15) is 19.8 Å². The standard InChI is InChI=1S/C12H23N3OS/c1-3-16-8-5-4-6-13-7-9-17-12-10-14-15(2)11-12/h10-11,13H,3-9H2,1-2H3. The summed E-state index contributed by atoms with van der Waals surface area (Å²) in [5, 5.41) is 7.57. The second-order valence-corrected chi connectivity index (χ2v) is 5.02. The molecule has 0 saturated heterocycles. The Hall–Kier alpha value is -0.520. The van der Waals surface area contributed by atoms with E-state index in [2.05, 4.69) is 10.4 Å². The molecule has 1 aromatic heterocycles. The maximum absolute atomic E-state index is 5.28. The fourth-order valence-electron chi connectivity index (χ4n) is 1.44. The first-order valence-electron chi connectivity index (χ1n) is 6.23. The molecule has 1 rings (SSSR count). The summed E-state index contributed by atoms with van der Waals surface area (Å²) in [7, 11) is 1.95. The normalized spacial score (nSPS) is 10.9. The van der Waals surface area contributed by atoms with Gasteiger partial charge in [0.1, 0.15) is 0 Å². The molecule has 0 radical (unpaired) electrons. The molecule has 0 aliphatic carbocycles. The van der Waals surface area contributed by atoms with Crippen LogP contribution in [0.25, 0.3) is 0 Å². The number of unbranched alkanes of at least 4 members (excludes halogenated alkanes) is 1. The molecule has 1 N–H and O–H groups in total. The molecule has 0 fully saturated rings. The van der Waals surface area contributed by atoms with Gasteiger partial charge in [-0.3, -0.25) is 4.68 Å². The lowest BCUT2D eigenvalue weighted by atomic mass is 10.3. The summed E-state index contributed by atoms with van der Waals surface area (Å²) in [5.41, 5.74) is 0. The number of aryl methyl sites for hydroxylation is 1. The van der Waals surface area contributed by atoms with Crippen LogP contribution in [0.15, 0.2) is 17.3 Å². The first-order valence-corrected chi connectivity index (χ1v) is 7.21. The lowest BCUT2D eigenvalue weighted by molar-refractivity contribution is 0.143. The van der Waals surface area contributed by atoms with Gasteiger partial charge in [0.25, 0.3) is 0 Å². The van der Waals surface area contributed by atoms with Crippen LogP contribution in [0.2, 0.25) is 0 Å². The van der Waals surface area contributed by atoms with Crippen LogP contribution >= 0.6 is 11.8 Å². The number of hydrogen-bond donors (Lipinski definition) is 1. The number of nitrogens with one attached hydrogen (secondary N) is 1. The SMILES string of the molecule is CCOCCCCNCCSc1cnn(C)c1. The summed E-state index contributed by atoms with van der Waals surface area (Å²) in [6.45, 7) is 5.89. The highest BCUT2D eigenvalue weighted by Crippen LogP contribution is 2.14. The minimum absolute atomic E-state index is 0.829. The van der Waals surface area contributed by atoms with Gasteiger partial charge in [0, 0.05) is 43.7 Å². The van der Waals surface area contributed by atoms with Crippen LogP contribution in [0, 0.1) is 0 Å². The van der Waals surface area contributed by atoms with Crippen molar-refractivity contribution in [2.45, 2.75) is 24.7 Å². The van der Waals surface area contributed by atoms with E-state index in [9.17, 15) is 0 Å². The molecule has 98 valence electrons. The van der Waals surface area contributed by atoms with Crippen molar-refractivity contribution in [2.24, 2.45) is 7.05 Å². The Morgan fingerprint density at radius 2 is 2.29 bits per heavy atom. The molecule has 0 bridgehead atoms. The Kier molecular flexibility index (Phi) is 8.13. The minimum Gasteiger partial charge on any atom is -0.382 e. The zero-order chi connectivity index (χ0) is 12.3. The predicted octanol–water partition coefficient (Wildman–Crippen LogP) is 1.92. The van der Waals surface area contributed by atoms with Crippen molar-refractivity contribution >= 4 is 11.8 Å². The number of aromatic nitrogens is 2. The Morgan fingerprint density at radius 1 is 1.41 bits per heavy atom. The second-order valence-electron chi connectivity index (χ2n) is 3.85. The maximum Gasteiger partial charge on any atom is 0.0625 e. The maximum atomic E-state index is 5.28. The molecule has 4 nitrogen and oxygen atoms in total. The molecule has 0 aliphatic rings. The highest BCUT2D eigenvalue weighted by atomic mass is 32.2. The van der Waals surface area contributed by atoms with Crippen molar-refractivity contribution in [1.29, 1.82) is 0 Å². The number of hydrogen-bond acceptors (Lipinski definition) is 4. The van der Waals surface area contributed by atoms with Crippen LogP contribution in [-0.2, 0) is 11.8 Å². The van der Waals surface area contributed by atoms with Crippen LogP contribution in [0.5, 0.6) is 0 Å². The Labute approximate surface area is 108 Å². The zero-order valence-electron chi connectivity index (χ0n) is 10.8. The molecule has 0 saturated carbocycles. The number of thioether (sulfide) groups is 1. The average molecular weight is 257 g/mol. The molecular weight excluding hydrogens is 234 g/mol. The van der Waals surface area contributed by atoms with Crippen LogP contribution in [0.3, 0.4) is 0 Å². The van der Waals surface area contributed by atoms with Crippen LogP contribution in [0.4, 0.5) is 0 Å². The largest absolute Gasteiger partial charge is 0.382 e. The minimum atomic E-state index is 0.829. The van der Waals surface area contributed by atoms with Gasteiger partial charge in [0.15, 0.2) is 0 Å². The number of nitrogens with zero attached hydrogens (tertiary/aromatic N) is 2. The summed E-state index contributed by atoms with van der Waals surface area (Å²) in [4.78, 5) is 1.24. The molecule has 0 aromatic carbocycles. The van der Waals surface area contributed by atoms with Gasteiger partial charge < -0.3 is 10.1 Å². The molecule has 0 aliphatic heterocycles. The second kappa shape index (κ2) is 9.50. The highest BCUT2D eigenvalue weighted by molar-refractivity contribution is 7.99. The van der Waals surface area contributed by atoms with E-state index >= 15 is 0 Å². The average Bonchev–Trinajstić information content (AvgIpc) is 2.73. The van der Waals surface area contributed by atoms with Gasteiger partial charge in [0.05, 0.1) is 6.20 Å². The van der Waals surface area contributed by atoms with Crippen molar-refractivity contribution < 1.29 is 4.74 Å². The summed E-state index contributed by atoms with van der Waals surface area (Å²) in [5.74, 6) is 1.09. The first-order chi connectivity index (χ1) is 8.33. The molecule has 1 heterocycles. The zero-order valence-corrected chi connectivity index (χ0v) is 11.6. The van der Waals surface area contributed by atoms with E-state index in [0.717, 1.165) is 38.5 Å². The van der Waals surface area contributed by atoms with Gasteiger partial charge in [-0.05, 0) is 26.3 Å². The van der Waals surface area contributed by atoms with Gasteiger partial charge in [-0.2, -0.15) is 5.10 Å². The van der Waals surface area contributed by atoms with Crippen molar-refractivity contribution in [2.75, 3.05) is 32.1 Å². The third kappa shape index (κ3) is 7.41. The monoisotopic (exact) mass is 257 g/mol. The molecule has 0 amide bonds. The van der Waals surface area contributed by atoms with Crippen LogP contribution in [-0.4, -0.2) is 41.8 Å². The Balaban J connectivity index is 1.84.